The normalized spacial score (nSPS) is 24.9. The minimum absolute atomic E-state index is 0.251. The van der Waals surface area contributed by atoms with Crippen LogP contribution in [-0.2, 0) is 16.0 Å². The van der Waals surface area contributed by atoms with Gasteiger partial charge in [0, 0.05) is 25.5 Å². The lowest BCUT2D eigenvalue weighted by atomic mass is 10.1. The second kappa shape index (κ2) is 8.19. The first-order valence-electron chi connectivity index (χ1n) is 9.13. The molecule has 0 bridgehead atoms. The molecule has 4 N–H and O–H groups in total. The molecule has 4 heterocycles. The van der Waals surface area contributed by atoms with E-state index < -0.39 is 24.5 Å². The van der Waals surface area contributed by atoms with Crippen molar-refractivity contribution in [3.8, 4) is 0 Å². The van der Waals surface area contributed by atoms with Gasteiger partial charge in [-0.25, -0.2) is 19.9 Å². The SMILES string of the molecule is Nc1ncnc2c1ncn2[C@@H]1O[C@H](CO)[C@@H](OCCCCn2ccnc2)[C@H]1O. The average molecular weight is 389 g/mol. The third-order valence-corrected chi connectivity index (χ3v) is 4.83. The summed E-state index contributed by atoms with van der Waals surface area (Å²) in [6.45, 7) is 1.03. The Kier molecular flexibility index (Phi) is 5.48. The zero-order chi connectivity index (χ0) is 19.5. The number of aliphatic hydroxyl groups is 2. The molecule has 0 aliphatic carbocycles. The molecule has 3 aromatic heterocycles. The number of nitrogens with zero attached hydrogens (tertiary/aromatic N) is 6. The van der Waals surface area contributed by atoms with Gasteiger partial charge in [-0.3, -0.25) is 4.57 Å². The summed E-state index contributed by atoms with van der Waals surface area (Å²) in [6.07, 6.45) is 6.89. The van der Waals surface area contributed by atoms with E-state index in [1.54, 1.807) is 17.1 Å². The first-order chi connectivity index (χ1) is 13.7. The summed E-state index contributed by atoms with van der Waals surface area (Å²) in [7, 11) is 0. The number of hydrogen-bond donors (Lipinski definition) is 3. The van der Waals surface area contributed by atoms with E-state index in [1.165, 1.54) is 12.7 Å². The summed E-state index contributed by atoms with van der Waals surface area (Å²) < 4.78 is 15.3. The van der Waals surface area contributed by atoms with Gasteiger partial charge < -0.3 is 30.0 Å². The molecule has 0 unspecified atom stereocenters. The molecule has 11 heteroatoms. The summed E-state index contributed by atoms with van der Waals surface area (Å²) in [5.74, 6) is 0.251. The molecule has 0 saturated carbocycles. The number of aryl methyl sites for hydroxylation is 1. The number of ether oxygens (including phenoxy) is 2. The van der Waals surface area contributed by atoms with Crippen LogP contribution in [0.25, 0.3) is 11.2 Å². The lowest BCUT2D eigenvalue weighted by Gasteiger charge is -2.20. The number of aromatic nitrogens is 6. The van der Waals surface area contributed by atoms with Gasteiger partial charge in [-0.1, -0.05) is 0 Å². The number of aliphatic hydroxyl groups excluding tert-OH is 2. The van der Waals surface area contributed by atoms with E-state index in [4.69, 9.17) is 15.2 Å². The third kappa shape index (κ3) is 3.56. The molecule has 0 aromatic carbocycles. The Morgan fingerprint density at radius 1 is 1.21 bits per heavy atom. The predicted octanol–water partition coefficient (Wildman–Crippen LogP) is -0.279. The molecule has 4 rings (SSSR count). The zero-order valence-electron chi connectivity index (χ0n) is 15.2. The molecule has 4 atom stereocenters. The van der Waals surface area contributed by atoms with E-state index in [0.29, 0.717) is 17.8 Å². The second-order valence-electron chi connectivity index (χ2n) is 6.66. The zero-order valence-corrected chi connectivity index (χ0v) is 15.2. The van der Waals surface area contributed by atoms with Crippen molar-refractivity contribution in [3.63, 3.8) is 0 Å². The highest BCUT2D eigenvalue weighted by atomic mass is 16.6. The monoisotopic (exact) mass is 389 g/mol. The van der Waals surface area contributed by atoms with Crippen LogP contribution in [0.2, 0.25) is 0 Å². The van der Waals surface area contributed by atoms with E-state index in [2.05, 4.69) is 19.9 Å². The topological polar surface area (TPSA) is 146 Å². The Balaban J connectivity index is 1.39. The molecule has 1 fully saturated rings. The van der Waals surface area contributed by atoms with E-state index in [1.807, 2.05) is 10.8 Å². The van der Waals surface area contributed by atoms with Crippen molar-refractivity contribution in [2.45, 2.75) is 43.9 Å². The van der Waals surface area contributed by atoms with Crippen LogP contribution in [0.15, 0.2) is 31.4 Å². The molecule has 150 valence electrons. The third-order valence-electron chi connectivity index (χ3n) is 4.83. The largest absolute Gasteiger partial charge is 0.394 e. The maximum atomic E-state index is 10.8. The van der Waals surface area contributed by atoms with Crippen molar-refractivity contribution in [2.75, 3.05) is 18.9 Å². The second-order valence-corrected chi connectivity index (χ2v) is 6.66. The van der Waals surface area contributed by atoms with Crippen LogP contribution in [0.4, 0.5) is 5.82 Å². The van der Waals surface area contributed by atoms with Gasteiger partial charge in [-0.15, -0.1) is 0 Å². The van der Waals surface area contributed by atoms with Gasteiger partial charge in [-0.2, -0.15) is 0 Å². The first-order valence-corrected chi connectivity index (χ1v) is 9.13. The van der Waals surface area contributed by atoms with Crippen molar-refractivity contribution in [3.05, 3.63) is 31.4 Å². The Morgan fingerprint density at radius 3 is 2.89 bits per heavy atom. The Bertz CT molecular complexity index is 900. The van der Waals surface area contributed by atoms with Gasteiger partial charge in [0.1, 0.15) is 30.2 Å². The number of unbranched alkanes of at least 4 members (excludes halogenated alkanes) is 1. The number of nitrogen functional groups attached to an aromatic ring is 1. The lowest BCUT2D eigenvalue weighted by Crippen LogP contribution is -2.36. The summed E-state index contributed by atoms with van der Waals surface area (Å²) >= 11 is 0. The molecule has 28 heavy (non-hydrogen) atoms. The lowest BCUT2D eigenvalue weighted by molar-refractivity contribution is -0.0609. The van der Waals surface area contributed by atoms with E-state index in [-0.39, 0.29) is 12.4 Å². The molecule has 3 aromatic rings. The smallest absolute Gasteiger partial charge is 0.167 e. The van der Waals surface area contributed by atoms with E-state index >= 15 is 0 Å². The first kappa shape index (κ1) is 18.7. The van der Waals surface area contributed by atoms with Crippen LogP contribution in [0.1, 0.15) is 19.1 Å². The van der Waals surface area contributed by atoms with Crippen molar-refractivity contribution in [2.24, 2.45) is 0 Å². The minimum atomic E-state index is -0.987. The van der Waals surface area contributed by atoms with Gasteiger partial charge >= 0.3 is 0 Å². The predicted molar refractivity (Wildman–Crippen MR) is 97.9 cm³/mol. The fourth-order valence-corrected chi connectivity index (χ4v) is 3.39. The van der Waals surface area contributed by atoms with Crippen molar-refractivity contribution in [1.29, 1.82) is 0 Å². The van der Waals surface area contributed by atoms with Crippen LogP contribution >= 0.6 is 0 Å². The molecule has 0 radical (unpaired) electrons. The van der Waals surface area contributed by atoms with Crippen molar-refractivity contribution in [1.82, 2.24) is 29.1 Å². The van der Waals surface area contributed by atoms with Gasteiger partial charge in [0.2, 0.25) is 0 Å². The Morgan fingerprint density at radius 2 is 2.11 bits per heavy atom. The summed E-state index contributed by atoms with van der Waals surface area (Å²) in [5.41, 5.74) is 6.70. The van der Waals surface area contributed by atoms with Crippen LogP contribution in [0.3, 0.4) is 0 Å². The van der Waals surface area contributed by atoms with Crippen LogP contribution in [0, 0.1) is 0 Å². The number of anilines is 1. The summed E-state index contributed by atoms with van der Waals surface area (Å²) in [6, 6.07) is 0. The van der Waals surface area contributed by atoms with Gasteiger partial charge in [0.15, 0.2) is 17.7 Å². The number of imidazole rings is 2. The maximum absolute atomic E-state index is 10.8. The van der Waals surface area contributed by atoms with Crippen molar-refractivity contribution < 1.29 is 19.7 Å². The molecule has 1 aliphatic rings. The van der Waals surface area contributed by atoms with Crippen LogP contribution < -0.4 is 5.73 Å². The molecular formula is C17H23N7O4. The fourth-order valence-electron chi connectivity index (χ4n) is 3.39. The Hall–Kier alpha value is -2.60. The van der Waals surface area contributed by atoms with Crippen molar-refractivity contribution >= 4 is 17.0 Å². The highest BCUT2D eigenvalue weighted by Gasteiger charge is 2.45. The van der Waals surface area contributed by atoms with Gasteiger partial charge in [-0.05, 0) is 12.8 Å². The highest BCUT2D eigenvalue weighted by molar-refractivity contribution is 5.81. The standard InChI is InChI=1S/C17H23N7O4/c18-15-12-16(21-8-20-15)24(10-22-12)17-13(26)14(11(7-25)28-17)27-6-2-1-4-23-5-3-19-9-23/h3,5,8-11,13-14,17,25-26H,1-2,4,6-7H2,(H2,18,20,21)/t11-,13-,14-,17-/m1/s1. The average Bonchev–Trinajstić information content (AvgIpc) is 3.42. The number of rotatable bonds is 8. The molecule has 0 spiro atoms. The van der Waals surface area contributed by atoms with E-state index in [9.17, 15) is 10.2 Å². The number of nitrogens with two attached hydrogens (primary N) is 1. The fraction of sp³-hybridized carbons (Fsp3) is 0.529. The highest BCUT2D eigenvalue weighted by Crippen LogP contribution is 2.33. The molecule has 11 nitrogen and oxygen atoms in total. The Labute approximate surface area is 160 Å². The summed E-state index contributed by atoms with van der Waals surface area (Å²) in [4.78, 5) is 16.3. The van der Waals surface area contributed by atoms with Crippen LogP contribution in [-0.4, -0.2) is 70.8 Å². The van der Waals surface area contributed by atoms with E-state index in [0.717, 1.165) is 19.4 Å². The van der Waals surface area contributed by atoms with Gasteiger partial charge in [0.25, 0.3) is 0 Å². The molecule has 0 amide bonds. The summed E-state index contributed by atoms with van der Waals surface area (Å²) in [5, 5.41) is 20.4. The van der Waals surface area contributed by atoms with Crippen LogP contribution in [0.5, 0.6) is 0 Å². The quantitative estimate of drug-likeness (QED) is 0.443. The molecular weight excluding hydrogens is 366 g/mol. The number of fused-ring (bicyclic) bond motifs is 1. The minimum Gasteiger partial charge on any atom is -0.394 e. The maximum Gasteiger partial charge on any atom is 0.167 e. The molecule has 1 aliphatic heterocycles. The molecule has 1 saturated heterocycles. The van der Waals surface area contributed by atoms with Gasteiger partial charge in [0.05, 0.1) is 19.3 Å². The number of hydrogen-bond acceptors (Lipinski definition) is 9.